The maximum absolute atomic E-state index is 12.4. The molecule has 2 aliphatic rings. The number of halogens is 1. The van der Waals surface area contributed by atoms with E-state index in [9.17, 15) is 9.90 Å². The summed E-state index contributed by atoms with van der Waals surface area (Å²) >= 11 is 2.29. The molecule has 21 heavy (non-hydrogen) atoms. The van der Waals surface area contributed by atoms with Gasteiger partial charge >= 0.3 is 0 Å². The van der Waals surface area contributed by atoms with Crippen molar-refractivity contribution in [3.05, 3.63) is 50.6 Å². The number of fused-ring (bicyclic) bond motifs is 1. The Balaban J connectivity index is 2.01. The van der Waals surface area contributed by atoms with E-state index in [-0.39, 0.29) is 17.3 Å². The lowest BCUT2D eigenvalue weighted by Crippen LogP contribution is -2.41. The van der Waals surface area contributed by atoms with Crippen molar-refractivity contribution < 1.29 is 9.90 Å². The summed E-state index contributed by atoms with van der Waals surface area (Å²) in [5.41, 5.74) is 2.75. The smallest absolute Gasteiger partial charge is 0.181 e. The van der Waals surface area contributed by atoms with E-state index in [1.54, 1.807) is 6.08 Å². The number of benzene rings is 1. The Morgan fingerprint density at radius 3 is 2.90 bits per heavy atom. The molecule has 0 amide bonds. The Labute approximate surface area is 139 Å². The van der Waals surface area contributed by atoms with Gasteiger partial charge < -0.3 is 5.11 Å². The van der Waals surface area contributed by atoms with Gasteiger partial charge in [-0.1, -0.05) is 30.7 Å². The number of carbonyl (C=O) groups is 1. The summed E-state index contributed by atoms with van der Waals surface area (Å²) in [7, 11) is 0. The first-order chi connectivity index (χ1) is 10.0. The second kappa shape index (κ2) is 5.69. The second-order valence-electron chi connectivity index (χ2n) is 6.23. The minimum absolute atomic E-state index is 0.108. The molecule has 2 nitrogen and oxygen atoms in total. The summed E-state index contributed by atoms with van der Waals surface area (Å²) in [6.45, 7) is 2.10. The summed E-state index contributed by atoms with van der Waals surface area (Å²) in [5, 5.41) is 10.4. The Kier molecular flexibility index (Phi) is 4.06. The van der Waals surface area contributed by atoms with Crippen molar-refractivity contribution in [1.82, 2.24) is 0 Å². The number of aliphatic hydroxyl groups excluding tert-OH is 1. The van der Waals surface area contributed by atoms with Crippen molar-refractivity contribution in [3.63, 3.8) is 0 Å². The molecule has 1 fully saturated rings. The SMILES string of the molecule is C[C@]12CC(=Cc3ccccc3I)C(=O)C=C1CCC[C@@H]2O. The van der Waals surface area contributed by atoms with E-state index < -0.39 is 0 Å². The maximum Gasteiger partial charge on any atom is 0.181 e. The van der Waals surface area contributed by atoms with E-state index in [2.05, 4.69) is 29.5 Å². The second-order valence-corrected chi connectivity index (χ2v) is 7.39. The molecule has 1 saturated carbocycles. The van der Waals surface area contributed by atoms with E-state index in [1.165, 1.54) is 0 Å². The molecule has 0 radical (unpaired) electrons. The van der Waals surface area contributed by atoms with Crippen molar-refractivity contribution in [2.75, 3.05) is 0 Å². The van der Waals surface area contributed by atoms with Crippen LogP contribution in [0.4, 0.5) is 0 Å². The van der Waals surface area contributed by atoms with Gasteiger partial charge in [0.15, 0.2) is 5.78 Å². The first kappa shape index (κ1) is 15.0. The van der Waals surface area contributed by atoms with E-state index in [4.69, 9.17) is 0 Å². The van der Waals surface area contributed by atoms with Crippen molar-refractivity contribution >= 4 is 34.5 Å². The third kappa shape index (κ3) is 2.73. The summed E-state index contributed by atoms with van der Waals surface area (Å²) in [6, 6.07) is 8.05. The quantitative estimate of drug-likeness (QED) is 0.575. The molecule has 0 heterocycles. The van der Waals surface area contributed by atoms with Gasteiger partial charge in [-0.25, -0.2) is 0 Å². The molecule has 1 aromatic rings. The van der Waals surface area contributed by atoms with Crippen LogP contribution in [0.3, 0.4) is 0 Å². The molecule has 0 bridgehead atoms. The van der Waals surface area contributed by atoms with Gasteiger partial charge in [-0.2, -0.15) is 0 Å². The van der Waals surface area contributed by atoms with Crippen LogP contribution < -0.4 is 0 Å². The fraction of sp³-hybridized carbons (Fsp3) is 0.389. The summed E-state index contributed by atoms with van der Waals surface area (Å²) in [6.07, 6.45) is 6.81. The summed E-state index contributed by atoms with van der Waals surface area (Å²) < 4.78 is 1.14. The molecule has 3 rings (SSSR count). The Bertz CT molecular complexity index is 644. The topological polar surface area (TPSA) is 37.3 Å². The van der Waals surface area contributed by atoms with Crippen LogP contribution in [0.15, 0.2) is 41.5 Å². The monoisotopic (exact) mass is 394 g/mol. The largest absolute Gasteiger partial charge is 0.392 e. The summed E-state index contributed by atoms with van der Waals surface area (Å²) in [5.74, 6) is 0.108. The lowest BCUT2D eigenvalue weighted by Gasteiger charge is -2.43. The van der Waals surface area contributed by atoms with Gasteiger partial charge in [0, 0.05) is 14.6 Å². The van der Waals surface area contributed by atoms with Gasteiger partial charge in [-0.05, 0) is 72.1 Å². The van der Waals surface area contributed by atoms with Crippen molar-refractivity contribution in [1.29, 1.82) is 0 Å². The standard InChI is InChI=1S/C18H19IO2/c1-18-11-13(9-12-5-2-3-7-15(12)19)16(20)10-14(18)6-4-8-17(18)21/h2-3,5,7,9-10,17,21H,4,6,8,11H2,1H3/t17-,18-/m0/s1. The highest BCUT2D eigenvalue weighted by Crippen LogP contribution is 2.48. The van der Waals surface area contributed by atoms with Crippen LogP contribution in [0.5, 0.6) is 0 Å². The van der Waals surface area contributed by atoms with Crippen LogP contribution in [0, 0.1) is 8.99 Å². The zero-order valence-corrected chi connectivity index (χ0v) is 14.3. The third-order valence-electron chi connectivity index (χ3n) is 4.81. The predicted molar refractivity (Wildman–Crippen MR) is 92.8 cm³/mol. The molecule has 0 unspecified atom stereocenters. The van der Waals surface area contributed by atoms with Gasteiger partial charge in [0.05, 0.1) is 6.10 Å². The molecule has 2 aliphatic carbocycles. The predicted octanol–water partition coefficient (Wildman–Crippen LogP) is 4.12. The minimum Gasteiger partial charge on any atom is -0.392 e. The highest BCUT2D eigenvalue weighted by molar-refractivity contribution is 14.1. The molecule has 1 N–H and O–H groups in total. The Morgan fingerprint density at radius 1 is 1.38 bits per heavy atom. The molecule has 110 valence electrons. The van der Waals surface area contributed by atoms with Crippen LogP contribution in [0.25, 0.3) is 6.08 Å². The third-order valence-corrected chi connectivity index (χ3v) is 5.79. The van der Waals surface area contributed by atoms with Crippen molar-refractivity contribution in [2.45, 2.75) is 38.7 Å². The zero-order valence-electron chi connectivity index (χ0n) is 12.1. The number of hydrogen-bond acceptors (Lipinski definition) is 2. The number of carbonyl (C=O) groups excluding carboxylic acids is 1. The van der Waals surface area contributed by atoms with Gasteiger partial charge in [0.1, 0.15) is 0 Å². The molecule has 0 aromatic heterocycles. The molecule has 2 atom stereocenters. The number of ketones is 1. The summed E-state index contributed by atoms with van der Waals surface area (Å²) in [4.78, 5) is 12.4. The lowest BCUT2D eigenvalue weighted by atomic mass is 9.63. The first-order valence-corrected chi connectivity index (χ1v) is 8.47. The van der Waals surface area contributed by atoms with E-state index in [1.807, 2.05) is 30.3 Å². The van der Waals surface area contributed by atoms with Crippen LogP contribution in [0.1, 0.15) is 38.2 Å². The van der Waals surface area contributed by atoms with Gasteiger partial charge in [-0.15, -0.1) is 0 Å². The lowest BCUT2D eigenvalue weighted by molar-refractivity contribution is -0.112. The fourth-order valence-electron chi connectivity index (χ4n) is 3.41. The van der Waals surface area contributed by atoms with Crippen molar-refractivity contribution in [2.24, 2.45) is 5.41 Å². The molecule has 0 aliphatic heterocycles. The van der Waals surface area contributed by atoms with E-state index >= 15 is 0 Å². The normalized spacial score (nSPS) is 31.0. The number of hydrogen-bond donors (Lipinski definition) is 1. The Hall–Kier alpha value is -0.940. The molecule has 0 spiro atoms. The van der Waals surface area contributed by atoms with E-state index in [0.717, 1.165) is 39.5 Å². The molecule has 1 aromatic carbocycles. The first-order valence-electron chi connectivity index (χ1n) is 7.39. The van der Waals surface area contributed by atoms with Gasteiger partial charge in [0.2, 0.25) is 0 Å². The van der Waals surface area contributed by atoms with E-state index in [0.29, 0.717) is 6.42 Å². The van der Waals surface area contributed by atoms with Gasteiger partial charge in [-0.3, -0.25) is 4.79 Å². The number of aliphatic hydroxyl groups is 1. The van der Waals surface area contributed by atoms with Gasteiger partial charge in [0.25, 0.3) is 0 Å². The van der Waals surface area contributed by atoms with Crippen LogP contribution in [-0.2, 0) is 4.79 Å². The highest BCUT2D eigenvalue weighted by Gasteiger charge is 2.43. The van der Waals surface area contributed by atoms with Crippen LogP contribution in [-0.4, -0.2) is 17.0 Å². The van der Waals surface area contributed by atoms with Crippen molar-refractivity contribution in [3.8, 4) is 0 Å². The minimum atomic E-state index is -0.344. The maximum atomic E-state index is 12.4. The zero-order chi connectivity index (χ0) is 15.0. The van der Waals surface area contributed by atoms with Crippen LogP contribution >= 0.6 is 22.6 Å². The Morgan fingerprint density at radius 2 is 2.14 bits per heavy atom. The highest BCUT2D eigenvalue weighted by atomic mass is 127. The molecular formula is C18H19IO2. The molecule has 3 heteroatoms. The molecule has 0 saturated heterocycles. The molecular weight excluding hydrogens is 375 g/mol. The van der Waals surface area contributed by atoms with Crippen LogP contribution in [0.2, 0.25) is 0 Å². The number of allylic oxidation sites excluding steroid dienone is 2. The average molecular weight is 394 g/mol. The number of rotatable bonds is 1. The average Bonchev–Trinajstić information content (AvgIpc) is 2.45. The fourth-order valence-corrected chi connectivity index (χ4v) is 3.95.